The van der Waals surface area contributed by atoms with Crippen molar-refractivity contribution in [2.24, 2.45) is 11.7 Å². The molecule has 1 atom stereocenters. The molecule has 6 heteroatoms. The Morgan fingerprint density at radius 3 is 2.79 bits per heavy atom. The highest BCUT2D eigenvalue weighted by Gasteiger charge is 2.32. The summed E-state index contributed by atoms with van der Waals surface area (Å²) >= 11 is 0. The van der Waals surface area contributed by atoms with E-state index in [1.54, 1.807) is 6.07 Å². The van der Waals surface area contributed by atoms with Crippen molar-refractivity contribution in [3.63, 3.8) is 0 Å². The molecule has 1 aliphatic rings. The SMILES string of the molecule is COc1cccc(F)c1C(=O)NC(CN)C1CC1.Cl. The third-order valence-corrected chi connectivity index (χ3v) is 3.18. The molecule has 0 spiro atoms. The second-order valence-corrected chi connectivity index (χ2v) is 4.47. The number of nitrogens with one attached hydrogen (secondary N) is 1. The zero-order valence-electron chi connectivity index (χ0n) is 10.7. The number of ether oxygens (including phenoxy) is 1. The predicted octanol–water partition coefficient (Wildman–Crippen LogP) is 1.72. The van der Waals surface area contributed by atoms with Crippen LogP contribution >= 0.6 is 12.4 Å². The number of hydrogen-bond acceptors (Lipinski definition) is 3. The van der Waals surface area contributed by atoms with Gasteiger partial charge in [-0.05, 0) is 30.9 Å². The lowest BCUT2D eigenvalue weighted by Gasteiger charge is -2.17. The van der Waals surface area contributed by atoms with Crippen molar-refractivity contribution in [2.45, 2.75) is 18.9 Å². The van der Waals surface area contributed by atoms with Gasteiger partial charge in [0.2, 0.25) is 0 Å². The van der Waals surface area contributed by atoms with Gasteiger partial charge in [0, 0.05) is 12.6 Å². The minimum absolute atomic E-state index is 0. The summed E-state index contributed by atoms with van der Waals surface area (Å²) in [5.41, 5.74) is 5.55. The van der Waals surface area contributed by atoms with Gasteiger partial charge in [-0.25, -0.2) is 4.39 Å². The van der Waals surface area contributed by atoms with E-state index in [2.05, 4.69) is 5.32 Å². The number of rotatable bonds is 5. The molecule has 106 valence electrons. The molecule has 3 N–H and O–H groups in total. The fraction of sp³-hybridized carbons (Fsp3) is 0.462. The van der Waals surface area contributed by atoms with Crippen molar-refractivity contribution in [2.75, 3.05) is 13.7 Å². The van der Waals surface area contributed by atoms with E-state index >= 15 is 0 Å². The van der Waals surface area contributed by atoms with Crippen molar-refractivity contribution in [3.8, 4) is 5.75 Å². The van der Waals surface area contributed by atoms with E-state index in [0.29, 0.717) is 12.5 Å². The van der Waals surface area contributed by atoms with Crippen LogP contribution in [0.25, 0.3) is 0 Å². The van der Waals surface area contributed by atoms with Gasteiger partial charge in [-0.3, -0.25) is 4.79 Å². The number of halogens is 2. The van der Waals surface area contributed by atoms with Gasteiger partial charge in [-0.1, -0.05) is 6.07 Å². The van der Waals surface area contributed by atoms with Crippen molar-refractivity contribution >= 4 is 18.3 Å². The molecule has 0 radical (unpaired) electrons. The fourth-order valence-electron chi connectivity index (χ4n) is 2.00. The van der Waals surface area contributed by atoms with E-state index in [9.17, 15) is 9.18 Å². The molecule has 1 fully saturated rings. The maximum absolute atomic E-state index is 13.7. The lowest BCUT2D eigenvalue weighted by Crippen LogP contribution is -2.42. The number of carbonyl (C=O) groups is 1. The summed E-state index contributed by atoms with van der Waals surface area (Å²) in [6.45, 7) is 0.368. The van der Waals surface area contributed by atoms with Crippen LogP contribution in [0, 0.1) is 11.7 Å². The number of methoxy groups -OCH3 is 1. The normalized spacial score (nSPS) is 15.3. The first-order valence-electron chi connectivity index (χ1n) is 6.00. The van der Waals surface area contributed by atoms with E-state index in [4.69, 9.17) is 10.5 Å². The van der Waals surface area contributed by atoms with Crippen LogP contribution in [0.4, 0.5) is 4.39 Å². The molecule has 4 nitrogen and oxygen atoms in total. The zero-order valence-corrected chi connectivity index (χ0v) is 11.5. The Kier molecular flexibility index (Phi) is 5.57. The Balaban J connectivity index is 0.00000180. The molecule has 1 unspecified atom stereocenters. The average molecular weight is 289 g/mol. The van der Waals surface area contributed by atoms with Gasteiger partial charge in [-0.15, -0.1) is 12.4 Å². The van der Waals surface area contributed by atoms with Crippen LogP contribution in [-0.4, -0.2) is 25.6 Å². The highest BCUT2D eigenvalue weighted by Crippen LogP contribution is 2.32. The van der Waals surface area contributed by atoms with Crippen molar-refractivity contribution in [1.29, 1.82) is 0 Å². The number of nitrogens with two attached hydrogens (primary N) is 1. The van der Waals surface area contributed by atoms with Gasteiger partial charge >= 0.3 is 0 Å². The Hall–Kier alpha value is -1.33. The van der Waals surface area contributed by atoms with Crippen LogP contribution in [0.2, 0.25) is 0 Å². The Morgan fingerprint density at radius 2 is 2.26 bits per heavy atom. The van der Waals surface area contributed by atoms with Gasteiger partial charge in [0.05, 0.1) is 7.11 Å². The summed E-state index contributed by atoms with van der Waals surface area (Å²) in [4.78, 5) is 12.1. The molecule has 0 bridgehead atoms. The van der Waals surface area contributed by atoms with E-state index in [-0.39, 0.29) is 29.8 Å². The standard InChI is InChI=1S/C13H17FN2O2.ClH/c1-18-11-4-2-3-9(14)12(11)13(17)16-10(7-15)8-5-6-8;/h2-4,8,10H,5-7,15H2,1H3,(H,16,17);1H. The van der Waals surface area contributed by atoms with Crippen LogP contribution in [-0.2, 0) is 0 Å². The van der Waals surface area contributed by atoms with Crippen LogP contribution in [0.5, 0.6) is 5.75 Å². The van der Waals surface area contributed by atoms with Crippen LogP contribution < -0.4 is 15.8 Å². The maximum Gasteiger partial charge on any atom is 0.258 e. The molecule has 1 aromatic rings. The Bertz CT molecular complexity index is 452. The molecule has 1 amide bonds. The molecule has 0 heterocycles. The van der Waals surface area contributed by atoms with E-state index in [1.807, 2.05) is 0 Å². The summed E-state index contributed by atoms with van der Waals surface area (Å²) < 4.78 is 18.7. The molecule has 0 aromatic heterocycles. The third kappa shape index (κ3) is 3.58. The minimum atomic E-state index is -0.585. The average Bonchev–Trinajstić information content (AvgIpc) is 3.19. The monoisotopic (exact) mass is 288 g/mol. The zero-order chi connectivity index (χ0) is 13.1. The van der Waals surface area contributed by atoms with Gasteiger partial charge in [-0.2, -0.15) is 0 Å². The van der Waals surface area contributed by atoms with Crippen LogP contribution in [0.1, 0.15) is 23.2 Å². The topological polar surface area (TPSA) is 64.3 Å². The lowest BCUT2D eigenvalue weighted by molar-refractivity contribution is 0.0926. The molecule has 19 heavy (non-hydrogen) atoms. The lowest BCUT2D eigenvalue weighted by atomic mass is 10.1. The summed E-state index contributed by atoms with van der Waals surface area (Å²) in [7, 11) is 1.41. The summed E-state index contributed by atoms with van der Waals surface area (Å²) in [5.74, 6) is -0.387. The summed E-state index contributed by atoms with van der Waals surface area (Å²) in [6, 6.07) is 4.23. The van der Waals surface area contributed by atoms with Gasteiger partial charge in [0.1, 0.15) is 17.1 Å². The summed E-state index contributed by atoms with van der Waals surface area (Å²) in [5, 5.41) is 2.78. The van der Waals surface area contributed by atoms with Crippen molar-refractivity contribution in [3.05, 3.63) is 29.6 Å². The van der Waals surface area contributed by atoms with Gasteiger partial charge in [0.15, 0.2) is 0 Å². The molecular weight excluding hydrogens is 271 g/mol. The van der Waals surface area contributed by atoms with E-state index in [0.717, 1.165) is 12.8 Å². The highest BCUT2D eigenvalue weighted by atomic mass is 35.5. The summed E-state index contributed by atoms with van der Waals surface area (Å²) in [6.07, 6.45) is 2.13. The van der Waals surface area contributed by atoms with Crippen molar-refractivity contribution < 1.29 is 13.9 Å². The largest absolute Gasteiger partial charge is 0.496 e. The first-order valence-corrected chi connectivity index (χ1v) is 6.00. The number of benzene rings is 1. The second kappa shape index (κ2) is 6.73. The Morgan fingerprint density at radius 1 is 1.58 bits per heavy atom. The smallest absolute Gasteiger partial charge is 0.258 e. The van der Waals surface area contributed by atoms with Gasteiger partial charge < -0.3 is 15.8 Å². The molecule has 0 saturated heterocycles. The molecule has 1 saturated carbocycles. The second-order valence-electron chi connectivity index (χ2n) is 4.47. The maximum atomic E-state index is 13.7. The van der Waals surface area contributed by atoms with Crippen LogP contribution in [0.15, 0.2) is 18.2 Å². The first-order chi connectivity index (χ1) is 8.67. The minimum Gasteiger partial charge on any atom is -0.496 e. The highest BCUT2D eigenvalue weighted by molar-refractivity contribution is 5.97. The first kappa shape index (κ1) is 15.7. The number of carbonyl (C=O) groups excluding carboxylic acids is 1. The van der Waals surface area contributed by atoms with E-state index < -0.39 is 11.7 Å². The van der Waals surface area contributed by atoms with Crippen LogP contribution in [0.3, 0.4) is 0 Å². The predicted molar refractivity (Wildman–Crippen MR) is 73.2 cm³/mol. The molecule has 0 aliphatic heterocycles. The fourth-order valence-corrected chi connectivity index (χ4v) is 2.00. The molecular formula is C13H18ClFN2O2. The molecule has 1 aliphatic carbocycles. The quantitative estimate of drug-likeness (QED) is 0.867. The third-order valence-electron chi connectivity index (χ3n) is 3.18. The molecule has 2 rings (SSSR count). The Labute approximate surface area is 117 Å². The molecule has 1 aromatic carbocycles. The van der Waals surface area contributed by atoms with Gasteiger partial charge in [0.25, 0.3) is 5.91 Å². The van der Waals surface area contributed by atoms with Crippen molar-refractivity contribution in [1.82, 2.24) is 5.32 Å². The van der Waals surface area contributed by atoms with E-state index in [1.165, 1.54) is 19.2 Å². The number of hydrogen-bond donors (Lipinski definition) is 2. The number of amides is 1.